The second-order valence-electron chi connectivity index (χ2n) is 2.32. The number of ether oxygens (including phenoxy) is 1. The molecule has 0 N–H and O–H groups in total. The normalized spacial score (nSPS) is 15.8. The summed E-state index contributed by atoms with van der Waals surface area (Å²) in [5, 5.41) is 8.53. The van der Waals surface area contributed by atoms with Crippen molar-refractivity contribution in [3.05, 3.63) is 0 Å². The minimum Gasteiger partial charge on any atom is -0.377 e. The number of nitrogens with zero attached hydrogens (tertiary/aromatic N) is 1. The van der Waals surface area contributed by atoms with E-state index >= 15 is 0 Å². The molecule has 0 saturated heterocycles. The molecular weight excluding hydrogens is 126 g/mol. The van der Waals surface area contributed by atoms with Crippen LogP contribution in [0.1, 0.15) is 27.2 Å². The zero-order valence-corrected chi connectivity index (χ0v) is 6.92. The van der Waals surface area contributed by atoms with Gasteiger partial charge in [-0.3, -0.25) is 0 Å². The Morgan fingerprint density at radius 2 is 2.10 bits per heavy atom. The van der Waals surface area contributed by atoms with E-state index in [1.165, 1.54) is 0 Å². The summed E-state index contributed by atoms with van der Waals surface area (Å²) < 4.78 is 5.32. The van der Waals surface area contributed by atoms with Gasteiger partial charge in [0.1, 0.15) is 0 Å². The monoisotopic (exact) mass is 141 g/mol. The molecule has 0 aromatic heterocycles. The van der Waals surface area contributed by atoms with Gasteiger partial charge in [-0.25, -0.2) is 0 Å². The molecule has 2 atom stereocenters. The van der Waals surface area contributed by atoms with Gasteiger partial charge in [-0.2, -0.15) is 5.26 Å². The highest BCUT2D eigenvalue weighted by Crippen LogP contribution is 2.09. The Morgan fingerprint density at radius 3 is 2.40 bits per heavy atom. The maximum Gasteiger partial charge on any atom is 0.0727 e. The van der Waals surface area contributed by atoms with Gasteiger partial charge >= 0.3 is 0 Å². The summed E-state index contributed by atoms with van der Waals surface area (Å²) in [6.07, 6.45) is 1.04. The van der Waals surface area contributed by atoms with Gasteiger partial charge in [0.05, 0.1) is 18.1 Å². The minimum atomic E-state index is 0.0185. The van der Waals surface area contributed by atoms with E-state index in [4.69, 9.17) is 10.00 Å². The van der Waals surface area contributed by atoms with E-state index in [2.05, 4.69) is 6.07 Å². The molecule has 0 aliphatic rings. The smallest absolute Gasteiger partial charge is 0.0727 e. The fourth-order valence-corrected chi connectivity index (χ4v) is 0.913. The highest BCUT2D eigenvalue weighted by atomic mass is 16.5. The van der Waals surface area contributed by atoms with Gasteiger partial charge in [0.2, 0.25) is 0 Å². The summed E-state index contributed by atoms with van der Waals surface area (Å²) in [4.78, 5) is 0. The van der Waals surface area contributed by atoms with Crippen LogP contribution in [0.5, 0.6) is 0 Å². The lowest BCUT2D eigenvalue weighted by Crippen LogP contribution is -2.19. The molecule has 0 aromatic rings. The standard InChI is InChI=1S/C8H15NO/c1-4-8(10-5-2)7(3)6-9/h7-8H,4-5H2,1-3H3. The van der Waals surface area contributed by atoms with Gasteiger partial charge in [0, 0.05) is 6.61 Å². The third-order valence-electron chi connectivity index (χ3n) is 1.54. The van der Waals surface area contributed by atoms with Crippen LogP contribution in [0.3, 0.4) is 0 Å². The first-order valence-corrected chi connectivity index (χ1v) is 3.77. The van der Waals surface area contributed by atoms with Gasteiger partial charge in [0.15, 0.2) is 0 Å². The quantitative estimate of drug-likeness (QED) is 0.599. The van der Waals surface area contributed by atoms with Crippen LogP contribution in [0.15, 0.2) is 0 Å². The first-order valence-electron chi connectivity index (χ1n) is 3.77. The van der Waals surface area contributed by atoms with Crippen LogP contribution in [-0.2, 0) is 4.74 Å². The van der Waals surface area contributed by atoms with Crippen molar-refractivity contribution < 1.29 is 4.74 Å². The van der Waals surface area contributed by atoms with Crippen molar-refractivity contribution in [3.8, 4) is 6.07 Å². The fraction of sp³-hybridized carbons (Fsp3) is 0.875. The molecule has 0 spiro atoms. The molecule has 0 amide bonds. The predicted molar refractivity (Wildman–Crippen MR) is 40.5 cm³/mol. The van der Waals surface area contributed by atoms with E-state index in [1.54, 1.807) is 0 Å². The van der Waals surface area contributed by atoms with Crippen molar-refractivity contribution in [3.63, 3.8) is 0 Å². The lowest BCUT2D eigenvalue weighted by molar-refractivity contribution is 0.0380. The van der Waals surface area contributed by atoms with Gasteiger partial charge in [-0.05, 0) is 20.3 Å². The molecule has 0 aliphatic heterocycles. The Bertz CT molecular complexity index is 117. The van der Waals surface area contributed by atoms with Crippen molar-refractivity contribution in [1.29, 1.82) is 5.26 Å². The number of nitriles is 1. The summed E-state index contributed by atoms with van der Waals surface area (Å²) in [6, 6.07) is 2.18. The van der Waals surface area contributed by atoms with Crippen LogP contribution in [-0.4, -0.2) is 12.7 Å². The molecule has 0 fully saturated rings. The Labute approximate surface area is 62.8 Å². The van der Waals surface area contributed by atoms with Crippen molar-refractivity contribution in [1.82, 2.24) is 0 Å². The number of hydrogen-bond donors (Lipinski definition) is 0. The molecule has 0 bridgehead atoms. The van der Waals surface area contributed by atoms with Crippen LogP contribution in [0, 0.1) is 17.2 Å². The summed E-state index contributed by atoms with van der Waals surface area (Å²) in [5.41, 5.74) is 0. The molecule has 0 radical (unpaired) electrons. The average molecular weight is 141 g/mol. The minimum absolute atomic E-state index is 0.0185. The maximum atomic E-state index is 8.53. The Balaban J connectivity index is 3.71. The molecule has 0 aromatic carbocycles. The van der Waals surface area contributed by atoms with Crippen LogP contribution < -0.4 is 0 Å². The zero-order chi connectivity index (χ0) is 7.98. The van der Waals surface area contributed by atoms with Gasteiger partial charge in [-0.1, -0.05) is 6.92 Å². The number of hydrogen-bond acceptors (Lipinski definition) is 2. The van der Waals surface area contributed by atoms with E-state index in [0.29, 0.717) is 6.61 Å². The fourth-order valence-electron chi connectivity index (χ4n) is 0.913. The highest BCUT2D eigenvalue weighted by molar-refractivity contribution is 4.84. The van der Waals surface area contributed by atoms with E-state index in [9.17, 15) is 0 Å². The van der Waals surface area contributed by atoms with Crippen LogP contribution in [0.2, 0.25) is 0 Å². The van der Waals surface area contributed by atoms with Crippen LogP contribution in [0.4, 0.5) is 0 Å². The largest absolute Gasteiger partial charge is 0.377 e. The molecule has 2 unspecified atom stereocenters. The van der Waals surface area contributed by atoms with E-state index in [-0.39, 0.29) is 12.0 Å². The van der Waals surface area contributed by atoms with Crippen LogP contribution in [0.25, 0.3) is 0 Å². The Morgan fingerprint density at radius 1 is 1.50 bits per heavy atom. The second kappa shape index (κ2) is 5.25. The van der Waals surface area contributed by atoms with E-state index in [0.717, 1.165) is 6.42 Å². The first-order chi connectivity index (χ1) is 4.76. The second-order valence-corrected chi connectivity index (χ2v) is 2.32. The van der Waals surface area contributed by atoms with Gasteiger partial charge in [0.25, 0.3) is 0 Å². The molecule has 0 saturated carbocycles. The topological polar surface area (TPSA) is 33.0 Å². The summed E-state index contributed by atoms with van der Waals surface area (Å²) in [6.45, 7) is 6.58. The third kappa shape index (κ3) is 2.84. The third-order valence-corrected chi connectivity index (χ3v) is 1.54. The van der Waals surface area contributed by atoms with Crippen LogP contribution >= 0.6 is 0 Å². The molecular formula is C8H15NO. The average Bonchev–Trinajstić information content (AvgIpc) is 1.99. The zero-order valence-electron chi connectivity index (χ0n) is 6.92. The first kappa shape index (κ1) is 9.45. The molecule has 10 heavy (non-hydrogen) atoms. The Kier molecular flexibility index (Phi) is 4.96. The van der Waals surface area contributed by atoms with E-state index < -0.39 is 0 Å². The highest BCUT2D eigenvalue weighted by Gasteiger charge is 2.13. The summed E-state index contributed by atoms with van der Waals surface area (Å²) >= 11 is 0. The van der Waals surface area contributed by atoms with Crippen molar-refractivity contribution in [2.75, 3.05) is 6.61 Å². The molecule has 2 nitrogen and oxygen atoms in total. The van der Waals surface area contributed by atoms with Crippen molar-refractivity contribution in [2.24, 2.45) is 5.92 Å². The van der Waals surface area contributed by atoms with Gasteiger partial charge in [-0.15, -0.1) is 0 Å². The number of rotatable bonds is 4. The van der Waals surface area contributed by atoms with E-state index in [1.807, 2.05) is 20.8 Å². The van der Waals surface area contributed by atoms with Gasteiger partial charge < -0.3 is 4.74 Å². The molecule has 0 rings (SSSR count). The lowest BCUT2D eigenvalue weighted by Gasteiger charge is -2.16. The molecule has 2 heteroatoms. The maximum absolute atomic E-state index is 8.53. The predicted octanol–water partition coefficient (Wildman–Crippen LogP) is 1.96. The lowest BCUT2D eigenvalue weighted by atomic mass is 10.0. The molecule has 0 aliphatic carbocycles. The SMILES string of the molecule is CCOC(CC)C(C)C#N. The summed E-state index contributed by atoms with van der Waals surface area (Å²) in [5.74, 6) is 0.0185. The molecule has 58 valence electrons. The van der Waals surface area contributed by atoms with Crippen molar-refractivity contribution in [2.45, 2.75) is 33.3 Å². The van der Waals surface area contributed by atoms with Crippen molar-refractivity contribution >= 4 is 0 Å². The Hall–Kier alpha value is -0.550. The molecule has 0 heterocycles. The summed E-state index contributed by atoms with van der Waals surface area (Å²) in [7, 11) is 0.